The van der Waals surface area contributed by atoms with E-state index in [0.717, 1.165) is 5.69 Å². The summed E-state index contributed by atoms with van der Waals surface area (Å²) >= 11 is 3.81. The standard InChI is InChI=1S/C57H37N3S2/c1-57(2)45-32-52-44(30-40(45)41-31-55-56(33-46(41)57)62-54-23-13-12-22-53(54)61-55)39-18-8-11-21-49(39)60(52)36-25-27-51-43(29-36)38-17-7-10-20-48(38)59(51)35-24-26-50-42(28-35)37-16-6-9-19-47(37)58(50)34-14-4-3-5-15-34/h3-33H,1-2H3. The molecule has 4 heterocycles. The molecule has 0 spiro atoms. The van der Waals surface area contributed by atoms with Gasteiger partial charge in [0.15, 0.2) is 0 Å². The van der Waals surface area contributed by atoms with Crippen LogP contribution in [0.5, 0.6) is 0 Å². The van der Waals surface area contributed by atoms with Crippen LogP contribution in [0.1, 0.15) is 25.0 Å². The van der Waals surface area contributed by atoms with Gasteiger partial charge in [0.1, 0.15) is 0 Å². The highest BCUT2D eigenvalue weighted by Crippen LogP contribution is 2.57. The molecule has 3 nitrogen and oxygen atoms in total. The summed E-state index contributed by atoms with van der Waals surface area (Å²) < 4.78 is 7.35. The predicted octanol–water partition coefficient (Wildman–Crippen LogP) is 15.9. The molecule has 0 fully saturated rings. The number of hydrogen-bond acceptors (Lipinski definition) is 2. The molecular formula is C57H37N3S2. The second-order valence-electron chi connectivity index (χ2n) is 17.3. The normalized spacial score (nSPS) is 14.0. The van der Waals surface area contributed by atoms with Crippen LogP contribution in [0.25, 0.3) is 93.6 Å². The largest absolute Gasteiger partial charge is 0.309 e. The topological polar surface area (TPSA) is 14.8 Å². The Morgan fingerprint density at radius 1 is 0.306 bits per heavy atom. The van der Waals surface area contributed by atoms with Crippen molar-refractivity contribution in [1.29, 1.82) is 0 Å². The minimum absolute atomic E-state index is 0.150. The maximum atomic E-state index is 2.51. The molecule has 0 radical (unpaired) electrons. The van der Waals surface area contributed by atoms with Crippen molar-refractivity contribution in [2.24, 2.45) is 0 Å². The third kappa shape index (κ3) is 4.70. The van der Waals surface area contributed by atoms with E-state index in [1.54, 1.807) is 0 Å². The summed E-state index contributed by atoms with van der Waals surface area (Å²) in [7, 11) is 0. The van der Waals surface area contributed by atoms with Crippen LogP contribution in [0, 0.1) is 0 Å². The molecule has 0 unspecified atom stereocenters. The molecule has 14 rings (SSSR count). The molecule has 5 heteroatoms. The number of benzene rings is 9. The van der Waals surface area contributed by atoms with Crippen molar-refractivity contribution in [3.63, 3.8) is 0 Å². The summed E-state index contributed by atoms with van der Waals surface area (Å²) in [4.78, 5) is 5.40. The second-order valence-corrected chi connectivity index (χ2v) is 19.5. The number of rotatable bonds is 3. The molecule has 1 aliphatic carbocycles. The van der Waals surface area contributed by atoms with E-state index in [9.17, 15) is 0 Å². The predicted molar refractivity (Wildman–Crippen MR) is 262 cm³/mol. The molecular weight excluding hydrogens is 791 g/mol. The van der Waals surface area contributed by atoms with Gasteiger partial charge >= 0.3 is 0 Å². The Morgan fingerprint density at radius 3 is 1.31 bits per heavy atom. The minimum Gasteiger partial charge on any atom is -0.309 e. The molecule has 0 saturated heterocycles. The van der Waals surface area contributed by atoms with E-state index in [0.29, 0.717) is 0 Å². The highest BCUT2D eigenvalue weighted by molar-refractivity contribution is 8.05. The number of hydrogen-bond donors (Lipinski definition) is 0. The molecule has 0 amide bonds. The number of fused-ring (bicyclic) bond motifs is 14. The molecule has 3 aromatic heterocycles. The van der Waals surface area contributed by atoms with E-state index in [4.69, 9.17) is 0 Å². The van der Waals surface area contributed by atoms with E-state index >= 15 is 0 Å². The van der Waals surface area contributed by atoms with Gasteiger partial charge in [0, 0.05) is 74.4 Å². The molecule has 0 atom stereocenters. The fraction of sp³-hybridized carbons (Fsp3) is 0.0526. The highest BCUT2D eigenvalue weighted by Gasteiger charge is 2.38. The van der Waals surface area contributed by atoms with Crippen molar-refractivity contribution in [3.05, 3.63) is 199 Å². The first-order valence-electron chi connectivity index (χ1n) is 21.3. The SMILES string of the molecule is CC1(C)c2cc3c(cc2-c2cc4c5ccccc5n(-c5ccc6c(c5)c5ccccc5n6-c5ccc6c(c5)c5ccccc5n6-c5ccccc5)c4cc21)Sc1ccccc1S3. The van der Waals surface area contributed by atoms with Crippen LogP contribution in [0.15, 0.2) is 208 Å². The van der Waals surface area contributed by atoms with Gasteiger partial charge in [-0.05, 0) is 125 Å². The molecule has 2 aliphatic rings. The van der Waals surface area contributed by atoms with Crippen molar-refractivity contribution in [2.75, 3.05) is 0 Å². The smallest absolute Gasteiger partial charge is 0.0544 e. The first-order chi connectivity index (χ1) is 30.5. The highest BCUT2D eigenvalue weighted by atomic mass is 32.2. The lowest BCUT2D eigenvalue weighted by molar-refractivity contribution is 0.658. The lowest BCUT2D eigenvalue weighted by Crippen LogP contribution is -2.15. The van der Waals surface area contributed by atoms with Gasteiger partial charge in [0.05, 0.1) is 33.1 Å². The number of aromatic nitrogens is 3. The molecule has 62 heavy (non-hydrogen) atoms. The Labute approximate surface area is 366 Å². The maximum absolute atomic E-state index is 2.51. The molecule has 12 aromatic rings. The average Bonchev–Trinajstić information content (AvgIpc) is 4.00. The van der Waals surface area contributed by atoms with Crippen LogP contribution in [0.3, 0.4) is 0 Å². The summed E-state index contributed by atoms with van der Waals surface area (Å²) in [6.45, 7) is 4.82. The zero-order valence-electron chi connectivity index (χ0n) is 34.1. The van der Waals surface area contributed by atoms with Crippen LogP contribution >= 0.6 is 23.5 Å². The summed E-state index contributed by atoms with van der Waals surface area (Å²) in [6, 6.07) is 70.2. The van der Waals surface area contributed by atoms with Crippen LogP contribution in [0.4, 0.5) is 0 Å². The molecule has 0 N–H and O–H groups in total. The molecule has 0 bridgehead atoms. The van der Waals surface area contributed by atoms with Gasteiger partial charge in [0.2, 0.25) is 0 Å². The lowest BCUT2D eigenvalue weighted by atomic mass is 9.82. The Hall–Kier alpha value is -6.92. The van der Waals surface area contributed by atoms with Crippen LogP contribution < -0.4 is 0 Å². The van der Waals surface area contributed by atoms with Crippen molar-refractivity contribution in [2.45, 2.75) is 38.8 Å². The maximum Gasteiger partial charge on any atom is 0.0544 e. The molecule has 1 aliphatic heterocycles. The molecule has 292 valence electrons. The van der Waals surface area contributed by atoms with Crippen molar-refractivity contribution >= 4 is 88.9 Å². The third-order valence-electron chi connectivity index (χ3n) is 13.7. The second kappa shape index (κ2) is 12.6. The first kappa shape index (κ1) is 34.8. The van der Waals surface area contributed by atoms with Gasteiger partial charge in [-0.3, -0.25) is 0 Å². The molecule has 9 aromatic carbocycles. The average molecular weight is 828 g/mol. The summed E-state index contributed by atoms with van der Waals surface area (Å²) in [6.07, 6.45) is 0. The van der Waals surface area contributed by atoms with Gasteiger partial charge in [-0.15, -0.1) is 0 Å². The third-order valence-corrected chi connectivity index (χ3v) is 16.2. The van der Waals surface area contributed by atoms with E-state index in [-0.39, 0.29) is 5.41 Å². The van der Waals surface area contributed by atoms with Gasteiger partial charge in [0.25, 0.3) is 0 Å². The summed E-state index contributed by atoms with van der Waals surface area (Å²) in [5.41, 5.74) is 16.2. The van der Waals surface area contributed by atoms with E-state index < -0.39 is 0 Å². The zero-order chi connectivity index (χ0) is 40.8. The van der Waals surface area contributed by atoms with E-state index in [1.807, 2.05) is 23.5 Å². The number of nitrogens with zero attached hydrogens (tertiary/aromatic N) is 3. The Balaban J connectivity index is 0.957. The fourth-order valence-corrected chi connectivity index (χ4v) is 13.1. The lowest BCUT2D eigenvalue weighted by Gasteiger charge is -2.24. The van der Waals surface area contributed by atoms with Gasteiger partial charge < -0.3 is 13.7 Å². The number of para-hydroxylation sites is 4. The Kier molecular flexibility index (Phi) is 7.05. The van der Waals surface area contributed by atoms with Gasteiger partial charge in [-0.25, -0.2) is 0 Å². The van der Waals surface area contributed by atoms with Crippen molar-refractivity contribution < 1.29 is 0 Å². The van der Waals surface area contributed by atoms with Crippen molar-refractivity contribution in [3.8, 4) is 28.2 Å². The van der Waals surface area contributed by atoms with Crippen LogP contribution in [-0.4, -0.2) is 13.7 Å². The van der Waals surface area contributed by atoms with Gasteiger partial charge in [-0.2, -0.15) is 0 Å². The summed E-state index contributed by atoms with van der Waals surface area (Å²) in [5.74, 6) is 0. The first-order valence-corrected chi connectivity index (χ1v) is 23.0. The van der Waals surface area contributed by atoms with Crippen LogP contribution in [0.2, 0.25) is 0 Å². The van der Waals surface area contributed by atoms with Crippen molar-refractivity contribution in [1.82, 2.24) is 13.7 Å². The molecule has 0 saturated carbocycles. The Morgan fingerprint density at radius 2 is 0.726 bits per heavy atom. The zero-order valence-corrected chi connectivity index (χ0v) is 35.7. The quantitative estimate of drug-likeness (QED) is 0.176. The Bertz CT molecular complexity index is 3900. The van der Waals surface area contributed by atoms with E-state index in [1.165, 1.54) is 119 Å². The summed E-state index contributed by atoms with van der Waals surface area (Å²) in [5, 5.41) is 7.55. The van der Waals surface area contributed by atoms with Crippen LogP contribution in [-0.2, 0) is 5.41 Å². The van der Waals surface area contributed by atoms with Gasteiger partial charge in [-0.1, -0.05) is 122 Å². The fourth-order valence-electron chi connectivity index (χ4n) is 10.8. The minimum atomic E-state index is -0.150. The van der Waals surface area contributed by atoms with E-state index in [2.05, 4.69) is 216 Å². The monoisotopic (exact) mass is 827 g/mol.